The number of carbonyl (C=O) groups excluding carboxylic acids is 2. The van der Waals surface area contributed by atoms with E-state index < -0.39 is 24.1 Å². The van der Waals surface area contributed by atoms with Gasteiger partial charge in [0.15, 0.2) is 0 Å². The predicted octanol–water partition coefficient (Wildman–Crippen LogP) is -8.17. The smallest absolute Gasteiger partial charge is 0.547 e. The van der Waals surface area contributed by atoms with Crippen LogP contribution in [0.3, 0.4) is 0 Å². The number of carboxylic acid groups (broad SMARTS) is 2. The van der Waals surface area contributed by atoms with Gasteiger partial charge < -0.3 is 30.0 Å². The second-order valence-corrected chi connectivity index (χ2v) is 1.53. The van der Waals surface area contributed by atoms with Crippen molar-refractivity contribution in [2.24, 2.45) is 0 Å². The van der Waals surface area contributed by atoms with Gasteiger partial charge >= 0.3 is 75.3 Å². The zero-order valence-corrected chi connectivity index (χ0v) is 12.2. The SMILES string of the molecule is O=C([O-])[C@H](O)[C@@H](O)C(=O)[O-].[K+].[Sn+2]. The third-order valence-electron chi connectivity index (χ3n) is 0.782. The number of aliphatic hydroxyl groups is 2. The summed E-state index contributed by atoms with van der Waals surface area (Å²) in [7, 11) is 0. The Morgan fingerprint density at radius 1 is 1.00 bits per heavy atom. The molecule has 0 aliphatic heterocycles. The van der Waals surface area contributed by atoms with Crippen LogP contribution in [0.1, 0.15) is 0 Å². The van der Waals surface area contributed by atoms with Crippen LogP contribution >= 0.6 is 0 Å². The Morgan fingerprint density at radius 2 is 1.17 bits per heavy atom. The largest absolute Gasteiger partial charge is 2.00 e. The van der Waals surface area contributed by atoms with Gasteiger partial charge in [-0.2, -0.15) is 0 Å². The van der Waals surface area contributed by atoms with E-state index in [2.05, 4.69) is 0 Å². The minimum absolute atomic E-state index is 0. The minimum Gasteiger partial charge on any atom is -0.547 e. The van der Waals surface area contributed by atoms with Gasteiger partial charge in [-0.15, -0.1) is 0 Å². The van der Waals surface area contributed by atoms with E-state index in [1.54, 1.807) is 0 Å². The molecule has 12 heavy (non-hydrogen) atoms. The first-order valence-corrected chi connectivity index (χ1v) is 2.24. The first kappa shape index (κ1) is 19.0. The van der Waals surface area contributed by atoms with Crippen molar-refractivity contribution in [3.63, 3.8) is 0 Å². The van der Waals surface area contributed by atoms with E-state index in [4.69, 9.17) is 10.2 Å². The van der Waals surface area contributed by atoms with E-state index in [0.717, 1.165) is 0 Å². The summed E-state index contributed by atoms with van der Waals surface area (Å²) in [5.74, 6) is -4.12. The fraction of sp³-hybridized carbons (Fsp3) is 0.500. The van der Waals surface area contributed by atoms with Crippen LogP contribution in [0.4, 0.5) is 0 Å². The van der Waals surface area contributed by atoms with Gasteiger partial charge in [0, 0.05) is 0 Å². The molecule has 0 saturated heterocycles. The monoisotopic (exact) mass is 307 g/mol. The standard InChI is InChI=1S/C4H6O6.K.Sn/c5-1(3(7)8)2(6)4(9)10;;/h1-2,5-6H,(H,7,8)(H,9,10);;/q;+1;+2/p-2/t1-,2-;;/m1../s1. The second kappa shape index (κ2) is 8.87. The number of carboxylic acids is 2. The number of aliphatic carboxylic acids is 2. The van der Waals surface area contributed by atoms with E-state index in [1.165, 1.54) is 0 Å². The molecule has 0 heterocycles. The van der Waals surface area contributed by atoms with Crippen molar-refractivity contribution in [2.75, 3.05) is 0 Å². The van der Waals surface area contributed by atoms with Crippen LogP contribution in [0.2, 0.25) is 0 Å². The van der Waals surface area contributed by atoms with Crippen molar-refractivity contribution < 1.29 is 81.4 Å². The third kappa shape index (κ3) is 6.77. The van der Waals surface area contributed by atoms with E-state index in [9.17, 15) is 19.8 Å². The predicted molar refractivity (Wildman–Crippen MR) is 27.8 cm³/mol. The van der Waals surface area contributed by atoms with Crippen molar-refractivity contribution in [1.29, 1.82) is 0 Å². The van der Waals surface area contributed by atoms with Gasteiger partial charge in [-0.1, -0.05) is 0 Å². The second-order valence-electron chi connectivity index (χ2n) is 1.53. The van der Waals surface area contributed by atoms with Crippen molar-refractivity contribution in [3.05, 3.63) is 0 Å². The maximum atomic E-state index is 9.63. The first-order chi connectivity index (χ1) is 4.46. The molecule has 0 aromatic carbocycles. The first-order valence-electron chi connectivity index (χ1n) is 2.24. The van der Waals surface area contributed by atoms with Gasteiger partial charge in [-0.3, -0.25) is 0 Å². The summed E-state index contributed by atoms with van der Waals surface area (Å²) in [6.45, 7) is 0. The van der Waals surface area contributed by atoms with Gasteiger partial charge in [0.05, 0.1) is 11.9 Å². The number of hydrogen-bond acceptors (Lipinski definition) is 6. The van der Waals surface area contributed by atoms with Crippen molar-refractivity contribution in [3.8, 4) is 0 Å². The van der Waals surface area contributed by atoms with Gasteiger partial charge in [0.25, 0.3) is 0 Å². The van der Waals surface area contributed by atoms with Crippen LogP contribution in [0, 0.1) is 0 Å². The maximum Gasteiger partial charge on any atom is 2.00 e. The topological polar surface area (TPSA) is 121 Å². The number of hydrogen-bond donors (Lipinski definition) is 2. The van der Waals surface area contributed by atoms with Gasteiger partial charge in [-0.05, 0) is 0 Å². The average Bonchev–Trinajstić information content (AvgIpc) is 1.84. The van der Waals surface area contributed by atoms with Crippen LogP contribution in [0.5, 0.6) is 0 Å². The van der Waals surface area contributed by atoms with E-state index in [-0.39, 0.29) is 75.3 Å². The molecule has 2 N–H and O–H groups in total. The molecule has 8 heteroatoms. The average molecular weight is 306 g/mol. The number of rotatable bonds is 3. The van der Waals surface area contributed by atoms with E-state index in [1.807, 2.05) is 0 Å². The molecule has 0 bridgehead atoms. The van der Waals surface area contributed by atoms with Gasteiger partial charge in [-0.25, -0.2) is 0 Å². The summed E-state index contributed by atoms with van der Waals surface area (Å²) >= 11 is 0. The number of aliphatic hydroxyl groups excluding tert-OH is 2. The molecule has 2 radical (unpaired) electrons. The Morgan fingerprint density at radius 3 is 1.25 bits per heavy atom. The summed E-state index contributed by atoms with van der Waals surface area (Å²) in [5.41, 5.74) is 0. The molecule has 0 saturated carbocycles. The third-order valence-corrected chi connectivity index (χ3v) is 0.782. The summed E-state index contributed by atoms with van der Waals surface area (Å²) in [4.78, 5) is 19.3. The van der Waals surface area contributed by atoms with Crippen molar-refractivity contribution in [2.45, 2.75) is 12.2 Å². The van der Waals surface area contributed by atoms with Crippen LogP contribution in [-0.2, 0) is 9.59 Å². The molecule has 0 aliphatic rings. The van der Waals surface area contributed by atoms with Crippen molar-refractivity contribution in [1.82, 2.24) is 0 Å². The summed E-state index contributed by atoms with van der Waals surface area (Å²) in [5, 5.41) is 35.7. The Balaban J connectivity index is -0.000000405. The van der Waals surface area contributed by atoms with Crippen LogP contribution < -0.4 is 61.6 Å². The fourth-order valence-corrected chi connectivity index (χ4v) is 0.258. The molecule has 2 atom stereocenters. The van der Waals surface area contributed by atoms with Gasteiger partial charge in [0.2, 0.25) is 0 Å². The summed E-state index contributed by atoms with van der Waals surface area (Å²) in [6.07, 6.45) is -4.88. The minimum atomic E-state index is -2.44. The van der Waals surface area contributed by atoms with Crippen LogP contribution in [0.15, 0.2) is 0 Å². The van der Waals surface area contributed by atoms with E-state index in [0.29, 0.717) is 0 Å². The number of carbonyl (C=O) groups is 2. The Kier molecular flexibility index (Phi) is 14.0. The molecule has 0 aromatic heterocycles. The Bertz CT molecular complexity index is 144. The molecule has 0 aromatic rings. The zero-order valence-electron chi connectivity index (χ0n) is 6.18. The molecular weight excluding hydrogens is 302 g/mol. The zero-order chi connectivity index (χ0) is 8.31. The molecule has 0 aliphatic carbocycles. The maximum absolute atomic E-state index is 9.63. The van der Waals surface area contributed by atoms with Gasteiger partial charge in [0.1, 0.15) is 12.2 Å². The van der Waals surface area contributed by atoms with E-state index >= 15 is 0 Å². The Hall–Kier alpha value is 1.30. The fourth-order valence-electron chi connectivity index (χ4n) is 0.258. The molecule has 0 fully saturated rings. The summed E-state index contributed by atoms with van der Waals surface area (Å²) < 4.78 is 0. The molecule has 0 spiro atoms. The van der Waals surface area contributed by atoms with Crippen molar-refractivity contribution >= 4 is 35.8 Å². The Labute approximate surface area is 127 Å². The normalized spacial score (nSPS) is 13.2. The molecule has 60 valence electrons. The van der Waals surface area contributed by atoms with Crippen LogP contribution in [-0.4, -0.2) is 58.3 Å². The molecule has 6 nitrogen and oxygen atoms in total. The summed E-state index contributed by atoms with van der Waals surface area (Å²) in [6, 6.07) is 0. The molecule has 0 amide bonds. The molecule has 0 rings (SSSR count). The molecule has 0 unspecified atom stereocenters. The van der Waals surface area contributed by atoms with Crippen LogP contribution in [0.25, 0.3) is 0 Å². The molecular formula is C4H4KO6Sn+. The quantitative estimate of drug-likeness (QED) is 0.500.